The highest BCUT2D eigenvalue weighted by Gasteiger charge is 2.19. The van der Waals surface area contributed by atoms with Gasteiger partial charge in [-0.1, -0.05) is 11.6 Å². The average molecular weight is 328 g/mol. The number of carbonyl (C=O) groups excluding carboxylic acids is 1. The van der Waals surface area contributed by atoms with Crippen molar-refractivity contribution in [3.8, 4) is 5.75 Å². The Kier molecular flexibility index (Phi) is 4.35. The van der Waals surface area contributed by atoms with Gasteiger partial charge in [0.05, 0.1) is 12.8 Å². The van der Waals surface area contributed by atoms with Crippen LogP contribution in [0.25, 0.3) is 0 Å². The van der Waals surface area contributed by atoms with Gasteiger partial charge in [-0.2, -0.15) is 0 Å². The topological polar surface area (TPSA) is 53.7 Å². The number of anilines is 1. The predicted octanol–water partition coefficient (Wildman–Crippen LogP) is 4.49. The van der Waals surface area contributed by atoms with Gasteiger partial charge in [0.2, 0.25) is 0 Å². The summed E-state index contributed by atoms with van der Waals surface area (Å²) in [6.07, 6.45) is 1.57. The van der Waals surface area contributed by atoms with Crippen molar-refractivity contribution in [1.29, 1.82) is 0 Å². The Balaban J connectivity index is 1.95. The third-order valence-corrected chi connectivity index (χ3v) is 3.64. The molecule has 3 aromatic rings. The molecule has 3 rings (SSSR count). The molecule has 5 heteroatoms. The molecule has 2 aromatic carbocycles. The first-order valence-corrected chi connectivity index (χ1v) is 7.40. The van der Waals surface area contributed by atoms with Crippen molar-refractivity contribution in [2.45, 2.75) is 6.54 Å². The third kappa shape index (κ3) is 3.55. The van der Waals surface area contributed by atoms with Gasteiger partial charge in [0.15, 0.2) is 0 Å². The van der Waals surface area contributed by atoms with Crippen LogP contribution in [0.1, 0.15) is 16.1 Å². The minimum Gasteiger partial charge on any atom is -0.508 e. The molecule has 1 heterocycles. The van der Waals surface area contributed by atoms with Gasteiger partial charge >= 0.3 is 0 Å². The van der Waals surface area contributed by atoms with Crippen LogP contribution in [0.5, 0.6) is 5.75 Å². The number of benzene rings is 2. The monoisotopic (exact) mass is 327 g/mol. The number of rotatable bonds is 4. The van der Waals surface area contributed by atoms with E-state index in [2.05, 4.69) is 0 Å². The maximum absolute atomic E-state index is 12.8. The Morgan fingerprint density at radius 1 is 1.04 bits per heavy atom. The van der Waals surface area contributed by atoms with Crippen LogP contribution >= 0.6 is 11.6 Å². The number of amides is 1. The molecular weight excluding hydrogens is 314 g/mol. The number of carbonyl (C=O) groups is 1. The van der Waals surface area contributed by atoms with Crippen molar-refractivity contribution < 1.29 is 14.3 Å². The van der Waals surface area contributed by atoms with Gasteiger partial charge in [-0.05, 0) is 60.7 Å². The highest BCUT2D eigenvalue weighted by Crippen LogP contribution is 2.23. The predicted molar refractivity (Wildman–Crippen MR) is 88.8 cm³/mol. The molecule has 23 heavy (non-hydrogen) atoms. The number of nitrogens with zero attached hydrogens (tertiary/aromatic N) is 1. The molecule has 1 N–H and O–H groups in total. The van der Waals surface area contributed by atoms with Gasteiger partial charge in [-0.3, -0.25) is 4.79 Å². The summed E-state index contributed by atoms with van der Waals surface area (Å²) in [7, 11) is 0. The fourth-order valence-electron chi connectivity index (χ4n) is 2.22. The van der Waals surface area contributed by atoms with Crippen molar-refractivity contribution in [1.82, 2.24) is 0 Å². The summed E-state index contributed by atoms with van der Waals surface area (Å²) in [5.41, 5.74) is 1.19. The summed E-state index contributed by atoms with van der Waals surface area (Å²) < 4.78 is 5.35. The number of phenolic OH excluding ortho intramolecular Hbond substituents is 1. The molecule has 1 aromatic heterocycles. The Morgan fingerprint density at radius 2 is 1.74 bits per heavy atom. The second kappa shape index (κ2) is 6.58. The highest BCUT2D eigenvalue weighted by molar-refractivity contribution is 6.30. The van der Waals surface area contributed by atoms with Crippen LogP contribution in [-0.4, -0.2) is 11.0 Å². The molecule has 4 nitrogen and oxygen atoms in total. The normalized spacial score (nSPS) is 10.5. The first-order chi connectivity index (χ1) is 11.1. The Labute approximate surface area is 138 Å². The molecule has 0 fully saturated rings. The largest absolute Gasteiger partial charge is 0.508 e. The van der Waals surface area contributed by atoms with Gasteiger partial charge in [0.1, 0.15) is 11.5 Å². The van der Waals surface area contributed by atoms with E-state index in [9.17, 15) is 9.90 Å². The minimum absolute atomic E-state index is 0.144. The van der Waals surface area contributed by atoms with Crippen molar-refractivity contribution in [2.24, 2.45) is 0 Å². The molecule has 0 atom stereocenters. The van der Waals surface area contributed by atoms with Crippen LogP contribution in [0.2, 0.25) is 5.02 Å². The number of aromatic hydroxyl groups is 1. The van der Waals surface area contributed by atoms with Gasteiger partial charge < -0.3 is 14.4 Å². The molecule has 0 saturated heterocycles. The van der Waals surface area contributed by atoms with Crippen LogP contribution in [-0.2, 0) is 6.54 Å². The second-order valence-electron chi connectivity index (χ2n) is 4.99. The molecule has 0 aliphatic carbocycles. The van der Waals surface area contributed by atoms with E-state index in [1.165, 1.54) is 0 Å². The van der Waals surface area contributed by atoms with Crippen molar-refractivity contribution in [3.05, 3.63) is 83.3 Å². The summed E-state index contributed by atoms with van der Waals surface area (Å²) in [6, 6.07) is 16.8. The maximum Gasteiger partial charge on any atom is 0.258 e. The van der Waals surface area contributed by atoms with E-state index in [0.717, 1.165) is 0 Å². The van der Waals surface area contributed by atoms with E-state index < -0.39 is 0 Å². The summed E-state index contributed by atoms with van der Waals surface area (Å²) in [4.78, 5) is 14.4. The van der Waals surface area contributed by atoms with Crippen molar-refractivity contribution in [2.75, 3.05) is 4.90 Å². The lowest BCUT2D eigenvalue weighted by Gasteiger charge is -2.22. The molecule has 0 bridgehead atoms. The van der Waals surface area contributed by atoms with Gasteiger partial charge in [0, 0.05) is 16.3 Å². The van der Waals surface area contributed by atoms with Gasteiger partial charge in [-0.25, -0.2) is 0 Å². The van der Waals surface area contributed by atoms with Crippen LogP contribution in [0.4, 0.5) is 5.69 Å². The molecule has 0 radical (unpaired) electrons. The van der Waals surface area contributed by atoms with Crippen LogP contribution in [0, 0.1) is 0 Å². The first kappa shape index (κ1) is 15.2. The highest BCUT2D eigenvalue weighted by atomic mass is 35.5. The summed E-state index contributed by atoms with van der Waals surface area (Å²) in [5.74, 6) is 0.634. The molecule has 0 aliphatic rings. The summed E-state index contributed by atoms with van der Waals surface area (Å²) >= 11 is 5.88. The van der Waals surface area contributed by atoms with Crippen LogP contribution in [0.3, 0.4) is 0 Å². The van der Waals surface area contributed by atoms with Gasteiger partial charge in [0.25, 0.3) is 5.91 Å². The Bertz CT molecular complexity index is 780. The lowest BCUT2D eigenvalue weighted by molar-refractivity contribution is 0.0983. The lowest BCUT2D eigenvalue weighted by atomic mass is 10.1. The average Bonchev–Trinajstić information content (AvgIpc) is 3.07. The maximum atomic E-state index is 12.8. The van der Waals surface area contributed by atoms with E-state index in [1.807, 2.05) is 6.07 Å². The lowest BCUT2D eigenvalue weighted by Crippen LogP contribution is -2.30. The fourth-order valence-corrected chi connectivity index (χ4v) is 2.35. The van der Waals surface area contributed by atoms with E-state index in [0.29, 0.717) is 28.6 Å². The quantitative estimate of drug-likeness (QED) is 0.768. The van der Waals surface area contributed by atoms with Crippen LogP contribution < -0.4 is 4.90 Å². The molecule has 116 valence electrons. The van der Waals surface area contributed by atoms with E-state index in [4.69, 9.17) is 16.0 Å². The fraction of sp³-hybridized carbons (Fsp3) is 0.0556. The summed E-state index contributed by atoms with van der Waals surface area (Å²) in [6.45, 7) is 0.291. The van der Waals surface area contributed by atoms with E-state index in [-0.39, 0.29) is 11.7 Å². The first-order valence-electron chi connectivity index (χ1n) is 7.02. The number of phenols is 1. The van der Waals surface area contributed by atoms with Gasteiger partial charge in [-0.15, -0.1) is 0 Å². The van der Waals surface area contributed by atoms with E-state index in [1.54, 1.807) is 65.8 Å². The molecule has 0 aliphatic heterocycles. The minimum atomic E-state index is -0.177. The standard InChI is InChI=1S/C18H14ClNO3/c19-14-5-3-13(4-6-14)18(22)20(12-17-2-1-11-23-17)15-7-9-16(21)10-8-15/h1-11,21H,12H2. The molecule has 1 amide bonds. The zero-order chi connectivity index (χ0) is 16.2. The smallest absolute Gasteiger partial charge is 0.258 e. The van der Waals surface area contributed by atoms with Crippen molar-refractivity contribution >= 4 is 23.2 Å². The summed E-state index contributed by atoms with van der Waals surface area (Å²) in [5, 5.41) is 10.0. The Hall–Kier alpha value is -2.72. The van der Waals surface area contributed by atoms with E-state index >= 15 is 0 Å². The third-order valence-electron chi connectivity index (χ3n) is 3.39. The second-order valence-corrected chi connectivity index (χ2v) is 5.43. The molecule has 0 spiro atoms. The number of furan rings is 1. The van der Waals surface area contributed by atoms with Crippen molar-refractivity contribution in [3.63, 3.8) is 0 Å². The zero-order valence-electron chi connectivity index (χ0n) is 12.1. The molecule has 0 saturated carbocycles. The van der Waals surface area contributed by atoms with Crippen LogP contribution in [0.15, 0.2) is 71.3 Å². The SMILES string of the molecule is O=C(c1ccc(Cl)cc1)N(Cc1ccco1)c1ccc(O)cc1. The zero-order valence-corrected chi connectivity index (χ0v) is 12.9. The number of hydrogen-bond donors (Lipinski definition) is 1. The Morgan fingerprint density at radius 3 is 2.35 bits per heavy atom. The number of halogens is 1. The number of hydrogen-bond acceptors (Lipinski definition) is 3. The molecular formula is C18H14ClNO3. The molecule has 0 unspecified atom stereocenters.